The first kappa shape index (κ1) is 10.2. The molecule has 1 fully saturated rings. The van der Waals surface area contributed by atoms with E-state index in [1.165, 1.54) is 25.0 Å². The molecule has 1 aromatic heterocycles. The molecule has 3 nitrogen and oxygen atoms in total. The van der Waals surface area contributed by atoms with Gasteiger partial charge in [0.05, 0.1) is 0 Å². The topological polar surface area (TPSA) is 41.6 Å². The molecule has 0 bridgehead atoms. The van der Waals surface area contributed by atoms with Crippen molar-refractivity contribution in [1.82, 2.24) is 15.2 Å². The van der Waals surface area contributed by atoms with Gasteiger partial charge in [-0.15, -0.1) is 0 Å². The molecule has 0 aliphatic heterocycles. The molecule has 2 aromatic rings. The SMILES string of the molecule is Fc1ccc(-c2n[nH]c(C3CC3)n2)c(I)c1. The third-order valence-electron chi connectivity index (χ3n) is 2.64. The Morgan fingerprint density at radius 3 is 2.88 bits per heavy atom. The fourth-order valence-electron chi connectivity index (χ4n) is 1.60. The first-order chi connectivity index (χ1) is 7.74. The predicted molar refractivity (Wildman–Crippen MR) is 66.5 cm³/mol. The van der Waals surface area contributed by atoms with E-state index in [1.807, 2.05) is 0 Å². The van der Waals surface area contributed by atoms with Crippen molar-refractivity contribution in [2.45, 2.75) is 18.8 Å². The van der Waals surface area contributed by atoms with E-state index < -0.39 is 0 Å². The van der Waals surface area contributed by atoms with Crippen LogP contribution in [-0.2, 0) is 0 Å². The molecule has 1 aromatic carbocycles. The molecule has 16 heavy (non-hydrogen) atoms. The van der Waals surface area contributed by atoms with Crippen LogP contribution < -0.4 is 0 Å². The number of hydrogen-bond donors (Lipinski definition) is 1. The van der Waals surface area contributed by atoms with Crippen molar-refractivity contribution in [2.24, 2.45) is 0 Å². The normalized spacial score (nSPS) is 15.4. The zero-order valence-corrected chi connectivity index (χ0v) is 10.5. The third-order valence-corrected chi connectivity index (χ3v) is 3.53. The Labute approximate surface area is 106 Å². The van der Waals surface area contributed by atoms with Crippen molar-refractivity contribution in [1.29, 1.82) is 0 Å². The number of nitrogens with zero attached hydrogens (tertiary/aromatic N) is 2. The summed E-state index contributed by atoms with van der Waals surface area (Å²) in [6, 6.07) is 4.64. The number of halogens is 2. The quantitative estimate of drug-likeness (QED) is 0.861. The van der Waals surface area contributed by atoms with Gasteiger partial charge in [0.2, 0.25) is 0 Å². The molecule has 0 saturated heterocycles. The fraction of sp³-hybridized carbons (Fsp3) is 0.273. The molecule has 0 radical (unpaired) electrons. The average molecular weight is 329 g/mol. The van der Waals surface area contributed by atoms with Crippen molar-refractivity contribution < 1.29 is 4.39 Å². The maximum atomic E-state index is 13.0. The number of aromatic nitrogens is 3. The van der Waals surface area contributed by atoms with Crippen molar-refractivity contribution >= 4 is 22.6 Å². The molecule has 1 saturated carbocycles. The lowest BCUT2D eigenvalue weighted by atomic mass is 10.2. The predicted octanol–water partition coefficient (Wildman–Crippen LogP) is 3.09. The summed E-state index contributed by atoms with van der Waals surface area (Å²) in [4.78, 5) is 4.44. The summed E-state index contributed by atoms with van der Waals surface area (Å²) < 4.78 is 13.8. The number of rotatable bonds is 2. The largest absolute Gasteiger partial charge is 0.262 e. The van der Waals surface area contributed by atoms with Crippen molar-refractivity contribution in [2.75, 3.05) is 0 Å². The summed E-state index contributed by atoms with van der Waals surface area (Å²) in [6.07, 6.45) is 2.38. The van der Waals surface area contributed by atoms with Gasteiger partial charge in [0, 0.05) is 15.1 Å². The Morgan fingerprint density at radius 2 is 2.19 bits per heavy atom. The van der Waals surface area contributed by atoms with Crippen LogP contribution in [0.4, 0.5) is 4.39 Å². The van der Waals surface area contributed by atoms with E-state index in [4.69, 9.17) is 0 Å². The van der Waals surface area contributed by atoms with E-state index in [9.17, 15) is 4.39 Å². The van der Waals surface area contributed by atoms with Crippen LogP contribution in [0.2, 0.25) is 0 Å². The van der Waals surface area contributed by atoms with Gasteiger partial charge in [0.15, 0.2) is 5.82 Å². The highest BCUT2D eigenvalue weighted by atomic mass is 127. The minimum absolute atomic E-state index is 0.230. The van der Waals surface area contributed by atoms with Gasteiger partial charge >= 0.3 is 0 Å². The van der Waals surface area contributed by atoms with Crippen LogP contribution in [0.3, 0.4) is 0 Å². The molecule has 1 aliphatic rings. The second-order valence-electron chi connectivity index (χ2n) is 3.94. The molecule has 0 amide bonds. The molecular weight excluding hydrogens is 320 g/mol. The number of aromatic amines is 1. The Balaban J connectivity index is 2.00. The molecule has 1 aliphatic carbocycles. The molecule has 0 spiro atoms. The average Bonchev–Trinajstić information content (AvgIpc) is 2.98. The summed E-state index contributed by atoms with van der Waals surface area (Å²) in [5.74, 6) is 1.94. The van der Waals surface area contributed by atoms with Gasteiger partial charge in [-0.3, -0.25) is 5.10 Å². The molecule has 5 heteroatoms. The Morgan fingerprint density at radius 1 is 1.38 bits per heavy atom. The first-order valence-corrected chi connectivity index (χ1v) is 6.19. The fourth-order valence-corrected chi connectivity index (χ4v) is 2.32. The third kappa shape index (κ3) is 1.83. The smallest absolute Gasteiger partial charge is 0.182 e. The molecule has 82 valence electrons. The lowest BCUT2D eigenvalue weighted by Gasteiger charge is -1.98. The van der Waals surface area contributed by atoms with Crippen LogP contribution in [0.5, 0.6) is 0 Å². The molecule has 0 unspecified atom stereocenters. The summed E-state index contributed by atoms with van der Waals surface area (Å²) in [5.41, 5.74) is 0.880. The molecule has 1 heterocycles. The maximum absolute atomic E-state index is 13.0. The Kier molecular flexibility index (Phi) is 2.42. The zero-order chi connectivity index (χ0) is 11.1. The van der Waals surface area contributed by atoms with Crippen LogP contribution in [0.25, 0.3) is 11.4 Å². The van der Waals surface area contributed by atoms with Crippen LogP contribution in [0.1, 0.15) is 24.6 Å². The van der Waals surface area contributed by atoms with Crippen LogP contribution in [0.15, 0.2) is 18.2 Å². The molecular formula is C11H9FIN3. The second kappa shape index (κ2) is 3.80. The van der Waals surface area contributed by atoms with Gasteiger partial charge in [0.25, 0.3) is 0 Å². The monoisotopic (exact) mass is 329 g/mol. The molecule has 1 N–H and O–H groups in total. The van der Waals surface area contributed by atoms with Crippen LogP contribution >= 0.6 is 22.6 Å². The minimum Gasteiger partial charge on any atom is -0.262 e. The van der Waals surface area contributed by atoms with Crippen LogP contribution in [-0.4, -0.2) is 15.2 Å². The number of nitrogens with one attached hydrogen (secondary N) is 1. The Hall–Kier alpha value is -0.980. The van der Waals surface area contributed by atoms with Gasteiger partial charge in [-0.1, -0.05) is 0 Å². The lowest BCUT2D eigenvalue weighted by molar-refractivity contribution is 0.627. The Bertz CT molecular complexity index is 534. The summed E-state index contributed by atoms with van der Waals surface area (Å²) in [5, 5.41) is 7.12. The van der Waals surface area contributed by atoms with E-state index in [0.29, 0.717) is 11.7 Å². The minimum atomic E-state index is -0.230. The zero-order valence-electron chi connectivity index (χ0n) is 8.37. The summed E-state index contributed by atoms with van der Waals surface area (Å²) in [7, 11) is 0. The van der Waals surface area contributed by atoms with E-state index >= 15 is 0 Å². The van der Waals surface area contributed by atoms with E-state index in [0.717, 1.165) is 15.0 Å². The number of hydrogen-bond acceptors (Lipinski definition) is 2. The van der Waals surface area contributed by atoms with Gasteiger partial charge in [-0.2, -0.15) is 5.10 Å². The van der Waals surface area contributed by atoms with Crippen molar-refractivity contribution in [3.8, 4) is 11.4 Å². The molecule has 0 atom stereocenters. The van der Waals surface area contributed by atoms with Gasteiger partial charge in [0.1, 0.15) is 11.6 Å². The number of H-pyrrole nitrogens is 1. The molecule has 3 rings (SSSR count). The van der Waals surface area contributed by atoms with Gasteiger partial charge < -0.3 is 0 Å². The lowest BCUT2D eigenvalue weighted by Crippen LogP contribution is -1.87. The van der Waals surface area contributed by atoms with Crippen molar-refractivity contribution in [3.05, 3.63) is 33.4 Å². The van der Waals surface area contributed by atoms with Crippen molar-refractivity contribution in [3.63, 3.8) is 0 Å². The van der Waals surface area contributed by atoms with E-state index in [2.05, 4.69) is 37.8 Å². The van der Waals surface area contributed by atoms with Crippen LogP contribution in [0, 0.1) is 9.39 Å². The maximum Gasteiger partial charge on any atom is 0.182 e. The second-order valence-corrected chi connectivity index (χ2v) is 5.10. The van der Waals surface area contributed by atoms with E-state index in [-0.39, 0.29) is 5.82 Å². The highest BCUT2D eigenvalue weighted by molar-refractivity contribution is 14.1. The summed E-state index contributed by atoms with van der Waals surface area (Å²) >= 11 is 2.10. The van der Waals surface area contributed by atoms with Gasteiger partial charge in [-0.05, 0) is 53.6 Å². The summed E-state index contributed by atoms with van der Waals surface area (Å²) in [6.45, 7) is 0. The first-order valence-electron chi connectivity index (χ1n) is 5.12. The standard InChI is InChI=1S/C11H9FIN3/c12-7-3-4-8(9(13)5-7)11-14-10(15-16-11)6-1-2-6/h3-6H,1-2H2,(H,14,15,16). The van der Waals surface area contributed by atoms with E-state index in [1.54, 1.807) is 6.07 Å². The van der Waals surface area contributed by atoms with Gasteiger partial charge in [-0.25, -0.2) is 9.37 Å². The number of benzene rings is 1. The highest BCUT2D eigenvalue weighted by Crippen LogP contribution is 2.38. The highest BCUT2D eigenvalue weighted by Gasteiger charge is 2.27.